The van der Waals surface area contributed by atoms with E-state index in [2.05, 4.69) is 30.6 Å². The Balaban J connectivity index is 1.37. The summed E-state index contributed by atoms with van der Waals surface area (Å²) < 4.78 is 28.6. The zero-order chi connectivity index (χ0) is 31.1. The molecule has 0 saturated carbocycles. The molecular weight excluding hydrogens is 568 g/mol. The van der Waals surface area contributed by atoms with Gasteiger partial charge in [0.2, 0.25) is 10.0 Å². The van der Waals surface area contributed by atoms with Crippen molar-refractivity contribution in [3.63, 3.8) is 0 Å². The minimum Gasteiger partial charge on any atom is -0.480 e. The maximum absolute atomic E-state index is 13.1. The van der Waals surface area contributed by atoms with E-state index in [0.717, 1.165) is 63.5 Å². The first kappa shape index (κ1) is 32.3. The molecule has 1 atom stereocenters. The van der Waals surface area contributed by atoms with Crippen LogP contribution in [0.25, 0.3) is 0 Å². The summed E-state index contributed by atoms with van der Waals surface area (Å²) in [6.45, 7) is 8.00. The van der Waals surface area contributed by atoms with Gasteiger partial charge in [-0.15, -0.1) is 0 Å². The molecule has 12 heteroatoms. The summed E-state index contributed by atoms with van der Waals surface area (Å²) in [6, 6.07) is 16.1. The van der Waals surface area contributed by atoms with Gasteiger partial charge in [-0.05, 0) is 60.9 Å². The number of rotatable bonds is 10. The summed E-state index contributed by atoms with van der Waals surface area (Å²) in [5, 5.41) is 19.9. The van der Waals surface area contributed by atoms with E-state index in [0.29, 0.717) is 17.2 Å². The molecule has 0 aromatic heterocycles. The number of carbonyl (C=O) groups excluding carboxylic acids is 1. The van der Waals surface area contributed by atoms with E-state index in [-0.39, 0.29) is 5.75 Å². The third-order valence-electron chi connectivity index (χ3n) is 8.17. The smallest absolute Gasteiger partial charge is 0.327 e. The Morgan fingerprint density at radius 3 is 2.33 bits per heavy atom. The lowest BCUT2D eigenvalue weighted by Crippen LogP contribution is -2.67. The summed E-state index contributed by atoms with van der Waals surface area (Å²) >= 11 is 0. The molecule has 234 valence electrons. The number of hydrogen-bond acceptors (Lipinski definition) is 8. The second kappa shape index (κ2) is 13.8. The standard InChI is InChI=1S/C31H44N6O5S/c1-30(2,3)31(28(39)40,36-43(41,42)21-23-9-5-4-6-10-23)22-34-27(38)24-11-13-26(14-12-24)37-19-15-25(16-20-37)35-29-32-17-7-8-18-33-29/h4-6,9-14,25,36H,7-8,15-22H2,1-3H3,(H,34,38)(H,39,40)(H2,32,33,35)/t31-/m0/s1. The first-order valence-electron chi connectivity index (χ1n) is 14.9. The molecule has 43 heavy (non-hydrogen) atoms. The number of sulfonamides is 1. The average Bonchev–Trinajstić information content (AvgIpc) is 3.24. The highest BCUT2D eigenvalue weighted by Gasteiger charge is 2.51. The monoisotopic (exact) mass is 612 g/mol. The number of piperidine rings is 1. The molecule has 2 aliphatic heterocycles. The lowest BCUT2D eigenvalue weighted by molar-refractivity contribution is -0.148. The van der Waals surface area contributed by atoms with Gasteiger partial charge in [0.1, 0.15) is 0 Å². The van der Waals surface area contributed by atoms with Crippen LogP contribution in [0, 0.1) is 5.41 Å². The van der Waals surface area contributed by atoms with Crippen molar-refractivity contribution in [3.8, 4) is 0 Å². The Morgan fingerprint density at radius 1 is 1.02 bits per heavy atom. The first-order valence-corrected chi connectivity index (χ1v) is 16.5. The second-order valence-corrected chi connectivity index (χ2v) is 14.0. The molecule has 4 rings (SSSR count). The molecule has 0 radical (unpaired) electrons. The predicted octanol–water partition coefficient (Wildman–Crippen LogP) is 2.70. The van der Waals surface area contributed by atoms with Gasteiger partial charge >= 0.3 is 5.97 Å². The molecule has 0 bridgehead atoms. The van der Waals surface area contributed by atoms with E-state index in [9.17, 15) is 23.1 Å². The van der Waals surface area contributed by atoms with Crippen LogP contribution in [0.4, 0.5) is 5.69 Å². The van der Waals surface area contributed by atoms with Crippen molar-refractivity contribution in [2.24, 2.45) is 10.4 Å². The van der Waals surface area contributed by atoms with E-state index in [1.165, 1.54) is 0 Å². The number of nitrogens with zero attached hydrogens (tertiary/aromatic N) is 2. The normalized spacial score (nSPS) is 18.0. The second-order valence-electron chi connectivity index (χ2n) is 12.3. The third kappa shape index (κ3) is 8.47. The molecule has 2 heterocycles. The van der Waals surface area contributed by atoms with Gasteiger partial charge in [-0.2, -0.15) is 4.72 Å². The number of carbonyl (C=O) groups is 2. The van der Waals surface area contributed by atoms with Gasteiger partial charge in [-0.3, -0.25) is 14.6 Å². The number of carboxylic acids is 1. The van der Waals surface area contributed by atoms with Crippen LogP contribution in [0.15, 0.2) is 59.6 Å². The molecule has 2 aliphatic rings. The molecule has 2 aromatic rings. The average molecular weight is 613 g/mol. The van der Waals surface area contributed by atoms with Crippen LogP contribution in [-0.2, 0) is 20.6 Å². The molecule has 5 N–H and O–H groups in total. The number of amides is 1. The van der Waals surface area contributed by atoms with E-state index in [1.54, 1.807) is 63.2 Å². The minimum atomic E-state index is -4.07. The minimum absolute atomic E-state index is 0.355. The number of carboxylic acid groups (broad SMARTS) is 1. The lowest BCUT2D eigenvalue weighted by Gasteiger charge is -2.41. The highest BCUT2D eigenvalue weighted by atomic mass is 32.2. The molecule has 11 nitrogen and oxygen atoms in total. The maximum Gasteiger partial charge on any atom is 0.327 e. The van der Waals surface area contributed by atoms with Gasteiger partial charge in [0, 0.05) is 50.0 Å². The highest BCUT2D eigenvalue weighted by molar-refractivity contribution is 7.88. The van der Waals surface area contributed by atoms with Crippen molar-refractivity contribution in [1.29, 1.82) is 0 Å². The summed E-state index contributed by atoms with van der Waals surface area (Å²) in [5.74, 6) is -1.34. The Kier molecular flexibility index (Phi) is 10.3. The van der Waals surface area contributed by atoms with Crippen molar-refractivity contribution in [1.82, 2.24) is 20.7 Å². The van der Waals surface area contributed by atoms with Gasteiger partial charge in [0.25, 0.3) is 5.91 Å². The Morgan fingerprint density at radius 2 is 1.70 bits per heavy atom. The van der Waals surface area contributed by atoms with Gasteiger partial charge in [0.05, 0.1) is 5.75 Å². The van der Waals surface area contributed by atoms with Crippen LogP contribution in [0.3, 0.4) is 0 Å². The molecule has 0 unspecified atom stereocenters. The number of hydrogen-bond donors (Lipinski definition) is 5. The van der Waals surface area contributed by atoms with E-state index in [1.807, 2.05) is 12.1 Å². The summed E-state index contributed by atoms with van der Waals surface area (Å²) in [7, 11) is -4.07. The van der Waals surface area contributed by atoms with Crippen LogP contribution in [0.5, 0.6) is 0 Å². The first-order chi connectivity index (χ1) is 20.4. The number of aliphatic carboxylic acids is 1. The van der Waals surface area contributed by atoms with Gasteiger partial charge in [0.15, 0.2) is 11.5 Å². The summed E-state index contributed by atoms with van der Waals surface area (Å²) in [6.07, 6.45) is 4.17. The fourth-order valence-corrected chi connectivity index (χ4v) is 7.09. The van der Waals surface area contributed by atoms with Crippen LogP contribution >= 0.6 is 0 Å². The van der Waals surface area contributed by atoms with Crippen molar-refractivity contribution >= 4 is 33.5 Å². The van der Waals surface area contributed by atoms with Crippen LogP contribution < -0.4 is 25.6 Å². The molecule has 0 aliphatic carbocycles. The number of nitrogens with one attached hydrogen (secondary N) is 4. The molecule has 0 spiro atoms. The summed E-state index contributed by atoms with van der Waals surface area (Å²) in [4.78, 5) is 32.6. The van der Waals surface area contributed by atoms with Gasteiger partial charge in [-0.1, -0.05) is 51.1 Å². The lowest BCUT2D eigenvalue weighted by atomic mass is 9.74. The number of guanidine groups is 1. The van der Waals surface area contributed by atoms with Crippen molar-refractivity contribution in [3.05, 3.63) is 65.7 Å². The zero-order valence-electron chi connectivity index (χ0n) is 25.2. The summed E-state index contributed by atoms with van der Waals surface area (Å²) in [5.41, 5.74) is -1.16. The van der Waals surface area contributed by atoms with E-state index >= 15 is 0 Å². The molecular formula is C31H44N6O5S. The Labute approximate surface area is 254 Å². The molecule has 1 fully saturated rings. The fraction of sp³-hybridized carbons (Fsp3) is 0.516. The van der Waals surface area contributed by atoms with Crippen molar-refractivity contribution < 1.29 is 23.1 Å². The topological polar surface area (TPSA) is 152 Å². The number of aliphatic imine (C=N–C) groups is 1. The molecule has 1 amide bonds. The Hall–Kier alpha value is -3.64. The Bertz CT molecular complexity index is 1380. The van der Waals surface area contributed by atoms with Gasteiger partial charge in [-0.25, -0.2) is 8.42 Å². The largest absolute Gasteiger partial charge is 0.480 e. The SMILES string of the molecule is CC(C)(C)[C@@](CNC(=O)c1ccc(N2CCC(NC3=NCCCCN3)CC2)cc1)(NS(=O)(=O)Cc1ccccc1)C(=O)O. The molecule has 1 saturated heterocycles. The van der Waals surface area contributed by atoms with Crippen molar-refractivity contribution in [2.45, 2.75) is 63.8 Å². The van der Waals surface area contributed by atoms with E-state index in [4.69, 9.17) is 0 Å². The quantitative estimate of drug-likeness (QED) is 0.275. The van der Waals surface area contributed by atoms with Crippen LogP contribution in [0.2, 0.25) is 0 Å². The van der Waals surface area contributed by atoms with E-state index < -0.39 is 39.4 Å². The predicted molar refractivity (Wildman–Crippen MR) is 169 cm³/mol. The number of benzene rings is 2. The zero-order valence-corrected chi connectivity index (χ0v) is 26.0. The highest BCUT2D eigenvalue weighted by Crippen LogP contribution is 2.32. The van der Waals surface area contributed by atoms with Crippen molar-refractivity contribution in [2.75, 3.05) is 37.6 Å². The fourth-order valence-electron chi connectivity index (χ4n) is 5.39. The third-order valence-corrected chi connectivity index (χ3v) is 9.54. The van der Waals surface area contributed by atoms with Crippen LogP contribution in [0.1, 0.15) is 62.4 Å². The number of anilines is 1. The van der Waals surface area contributed by atoms with Crippen LogP contribution in [-0.4, -0.2) is 75.7 Å². The maximum atomic E-state index is 13.1. The molecule has 2 aromatic carbocycles. The van der Waals surface area contributed by atoms with Gasteiger partial charge < -0.3 is 26.0 Å².